The van der Waals surface area contributed by atoms with E-state index in [1.165, 1.54) is 30.5 Å². The minimum Gasteiger partial charge on any atom is -0.398 e. The van der Waals surface area contributed by atoms with Gasteiger partial charge in [-0.15, -0.1) is 0 Å². The summed E-state index contributed by atoms with van der Waals surface area (Å²) < 4.78 is 137. The molecule has 0 aliphatic carbocycles. The molecule has 0 fully saturated rings. The van der Waals surface area contributed by atoms with E-state index >= 15 is 0 Å². The molecule has 5 heterocycles. The van der Waals surface area contributed by atoms with Gasteiger partial charge in [-0.05, 0) is 103 Å². The molecule has 12 aromatic rings. The summed E-state index contributed by atoms with van der Waals surface area (Å²) in [5.41, 5.74) is 10.5. The zero-order chi connectivity index (χ0) is 68.1. The smallest absolute Gasteiger partial charge is 0.292 e. The summed E-state index contributed by atoms with van der Waals surface area (Å²) >= 11 is 0. The van der Waals surface area contributed by atoms with E-state index in [-0.39, 0.29) is 22.0 Å². The Hall–Kier alpha value is -11.5. The molecule has 8 aromatic carbocycles. The second kappa shape index (κ2) is 27.0. The molecule has 0 radical (unpaired) electrons. The highest BCUT2D eigenvalue weighted by Crippen LogP contribution is 2.44. The van der Waals surface area contributed by atoms with Crippen LogP contribution < -0.4 is 34.4 Å². The first-order chi connectivity index (χ1) is 45.1. The Morgan fingerprint density at radius 1 is 0.453 bits per heavy atom. The highest BCUT2D eigenvalue weighted by atomic mass is 32.2. The predicted octanol–water partition coefficient (Wildman–Crippen LogP) is 11.9. The number of nitrogen functional groups attached to an aromatic ring is 1. The summed E-state index contributed by atoms with van der Waals surface area (Å²) in [4.78, 5) is 40.3. The van der Waals surface area contributed by atoms with E-state index in [0.717, 1.165) is 57.7 Å². The summed E-state index contributed by atoms with van der Waals surface area (Å²) in [6.45, 7) is 0. The molecule has 0 saturated carbocycles. The Balaban J connectivity index is 0.000000138. The number of hydrogen-bond acceptors (Lipinski definition) is 19. The van der Waals surface area contributed by atoms with E-state index in [1.807, 2.05) is 67.5 Å². The molecular weight excluding hydrogens is 1310 g/mol. The summed E-state index contributed by atoms with van der Waals surface area (Å²) in [7, 11) is -8.71. The van der Waals surface area contributed by atoms with E-state index in [2.05, 4.69) is 38.8 Å². The van der Waals surface area contributed by atoms with Crippen molar-refractivity contribution in [1.29, 1.82) is 0 Å². The topological polar surface area (TPSA) is 355 Å². The lowest BCUT2D eigenvalue weighted by Crippen LogP contribution is -2.20. The van der Waals surface area contributed by atoms with Crippen LogP contribution in [0.2, 0.25) is 0 Å². The lowest BCUT2D eigenvalue weighted by Gasteiger charge is -2.24. The van der Waals surface area contributed by atoms with E-state index in [1.54, 1.807) is 116 Å². The Bertz CT molecular complexity index is 5490. The summed E-state index contributed by atoms with van der Waals surface area (Å²) in [6.07, 6.45) is 6.30. The van der Waals surface area contributed by atoms with E-state index in [9.17, 15) is 62.7 Å². The molecule has 0 amide bonds. The van der Waals surface area contributed by atoms with Crippen molar-refractivity contribution in [3.05, 3.63) is 245 Å². The lowest BCUT2D eigenvalue weighted by atomic mass is 10.00. The van der Waals surface area contributed by atoms with Gasteiger partial charge >= 0.3 is 0 Å². The van der Waals surface area contributed by atoms with Gasteiger partial charge in [0.15, 0.2) is 9.79 Å². The number of para-hydroxylation sites is 3. The number of hydrogen-bond donors (Lipinski definition) is 5. The number of benzene rings is 8. The van der Waals surface area contributed by atoms with Crippen LogP contribution in [0.25, 0.3) is 54.7 Å². The van der Waals surface area contributed by atoms with Crippen LogP contribution in [0, 0.1) is 31.9 Å². The zero-order valence-corrected chi connectivity index (χ0v) is 53.4. The number of nitro groups is 2. The molecule has 0 unspecified atom stereocenters. The highest BCUT2D eigenvalue weighted by Gasteiger charge is 2.31. The molecule has 25 nitrogen and oxygen atoms in total. The minimum absolute atomic E-state index is 0.152. The highest BCUT2D eigenvalue weighted by molar-refractivity contribution is 7.93. The molecule has 0 atom stereocenters. The van der Waals surface area contributed by atoms with E-state index in [4.69, 9.17) is 5.73 Å². The molecule has 484 valence electrons. The van der Waals surface area contributed by atoms with Crippen LogP contribution in [0.15, 0.2) is 232 Å². The maximum absolute atomic E-state index is 13.2. The molecular formula is C64H53F2N13O12S4. The number of nitro benzene ring substituents is 2. The number of rotatable bonds is 13. The van der Waals surface area contributed by atoms with Gasteiger partial charge in [0.2, 0.25) is 0 Å². The molecule has 0 saturated heterocycles. The van der Waals surface area contributed by atoms with Gasteiger partial charge in [0, 0.05) is 103 Å². The molecule has 0 bridgehead atoms. The van der Waals surface area contributed by atoms with Gasteiger partial charge < -0.3 is 15.5 Å². The number of nitrogens with two attached hydrogens (primary N) is 1. The van der Waals surface area contributed by atoms with Gasteiger partial charge in [-0.2, -0.15) is 0 Å². The quantitative estimate of drug-likeness (QED) is 0.0407. The van der Waals surface area contributed by atoms with Gasteiger partial charge in [-0.25, -0.2) is 42.5 Å². The number of nitrogens with zero attached hydrogens (tertiary/aromatic N) is 8. The molecule has 1 aliphatic rings. The fourth-order valence-electron chi connectivity index (χ4n) is 9.84. The van der Waals surface area contributed by atoms with Crippen molar-refractivity contribution in [3.8, 4) is 11.1 Å². The average Bonchev–Trinajstić information content (AvgIpc) is 0.918. The van der Waals surface area contributed by atoms with Gasteiger partial charge in [0.05, 0.1) is 71.3 Å². The van der Waals surface area contributed by atoms with Crippen molar-refractivity contribution < 1.29 is 52.3 Å². The third-order valence-corrected chi connectivity index (χ3v) is 20.0. The van der Waals surface area contributed by atoms with Crippen molar-refractivity contribution in [2.75, 3.05) is 62.6 Å². The number of sulfonamides is 4. The van der Waals surface area contributed by atoms with Crippen molar-refractivity contribution in [1.82, 2.24) is 19.9 Å². The van der Waals surface area contributed by atoms with Gasteiger partial charge in [0.25, 0.3) is 51.5 Å². The monoisotopic (exact) mass is 1360 g/mol. The SMILES string of the molecule is CN(C)c1ccc(S(=O)(=O)Nc2cccc3cccnc23)c([N+](=O)[O-])c1.CN(C)c1ccc2c(c1)-c1ccc3cccnc3c1NS2(=O)=O.Nc1cc(F)ccc1S(=O)(=O)Nc1cccc2cccnc12.O=[N+]([O-])c1cc(F)ccc1S(=O)(=O)Nc1cccc2cccnc12. The summed E-state index contributed by atoms with van der Waals surface area (Å²) in [5.74, 6) is -1.49. The Morgan fingerprint density at radius 3 is 1.28 bits per heavy atom. The molecule has 4 aromatic heterocycles. The summed E-state index contributed by atoms with van der Waals surface area (Å²) in [5, 5.41) is 25.6. The molecule has 1 aliphatic heterocycles. The largest absolute Gasteiger partial charge is 0.398 e. The molecule has 31 heteroatoms. The fraction of sp³-hybridized carbons (Fsp3) is 0.0625. The maximum Gasteiger partial charge on any atom is 0.292 e. The third kappa shape index (κ3) is 14.6. The second-order valence-corrected chi connectivity index (χ2v) is 27.7. The number of aromatic nitrogens is 4. The first-order valence-corrected chi connectivity index (χ1v) is 33.8. The Morgan fingerprint density at radius 2 is 0.832 bits per heavy atom. The maximum atomic E-state index is 13.2. The molecule has 6 N–H and O–H groups in total. The van der Waals surface area contributed by atoms with Gasteiger partial charge in [0.1, 0.15) is 16.5 Å². The fourth-order valence-corrected chi connectivity index (χ4v) is 14.8. The van der Waals surface area contributed by atoms with Gasteiger partial charge in [-0.1, -0.05) is 72.8 Å². The molecule has 0 spiro atoms. The van der Waals surface area contributed by atoms with Crippen molar-refractivity contribution in [3.63, 3.8) is 0 Å². The van der Waals surface area contributed by atoms with Crippen LogP contribution in [0.3, 0.4) is 0 Å². The number of halogens is 2. The van der Waals surface area contributed by atoms with Crippen LogP contribution in [0.5, 0.6) is 0 Å². The van der Waals surface area contributed by atoms with Crippen LogP contribution in [-0.4, -0.2) is 91.6 Å². The number of anilines is 7. The van der Waals surface area contributed by atoms with Crippen molar-refractivity contribution in [2.45, 2.75) is 19.6 Å². The zero-order valence-electron chi connectivity index (χ0n) is 50.2. The van der Waals surface area contributed by atoms with Crippen molar-refractivity contribution in [2.24, 2.45) is 0 Å². The second-order valence-electron chi connectivity index (χ2n) is 21.1. The van der Waals surface area contributed by atoms with Crippen LogP contribution >= 0.6 is 0 Å². The first kappa shape index (κ1) is 66.4. The normalized spacial score (nSPS) is 12.2. The first-order valence-electron chi connectivity index (χ1n) is 27.9. The molecule has 95 heavy (non-hydrogen) atoms. The summed E-state index contributed by atoms with van der Waals surface area (Å²) in [6, 6.07) is 48.1. The Kier molecular flexibility index (Phi) is 18.8. The number of nitrogens with one attached hydrogen (secondary N) is 4. The van der Waals surface area contributed by atoms with Crippen molar-refractivity contribution >= 4 is 135 Å². The van der Waals surface area contributed by atoms with E-state index in [0.29, 0.717) is 61.0 Å². The molecule has 13 rings (SSSR count). The third-order valence-electron chi connectivity index (χ3n) is 14.3. The van der Waals surface area contributed by atoms with Crippen LogP contribution in [0.1, 0.15) is 0 Å². The standard InChI is InChI=1S/C17H16N4O4S.C17H15N3O2S.C15H10FN3O4S.C15H12FN3O2S/c1-20(2)13-8-9-16(15(11-13)21(22)23)26(24,25)19-14-7-3-5-12-6-4-10-18-17(12)14;1-20(2)12-6-8-15-14(10-12)13-7-5-11-4-3-9-18-16(11)17(13)19-23(15,21)22;16-11-6-7-14(13(9-11)19(20)21)24(22,23)18-12-5-1-3-10-4-2-8-17-15(10)12;16-11-6-7-14(12(17)9-11)22(20,21)19-13-5-1-3-10-4-2-8-18-15(10)13/h3-11,19H,1-2H3;3-10,19H,1-2H3;1-9,18H;1-9,19H,17H2. The van der Waals surface area contributed by atoms with Crippen LogP contribution in [0.4, 0.5) is 60.0 Å². The average molecular weight is 1360 g/mol. The van der Waals surface area contributed by atoms with Crippen LogP contribution in [-0.2, 0) is 40.1 Å². The number of fused-ring (bicyclic) bond motifs is 8. The minimum atomic E-state index is -4.30. The lowest BCUT2D eigenvalue weighted by molar-refractivity contribution is -0.388. The predicted molar refractivity (Wildman–Crippen MR) is 361 cm³/mol. The Labute approximate surface area is 542 Å². The van der Waals surface area contributed by atoms with E-state index < -0.39 is 82.7 Å². The van der Waals surface area contributed by atoms with Gasteiger partial charge in [-0.3, -0.25) is 59.1 Å². The number of pyridine rings is 4.